The van der Waals surface area contributed by atoms with Gasteiger partial charge in [0.2, 0.25) is 5.91 Å². The zero-order chi connectivity index (χ0) is 18.9. The summed E-state index contributed by atoms with van der Waals surface area (Å²) in [6, 6.07) is 11.1. The van der Waals surface area contributed by atoms with Gasteiger partial charge >= 0.3 is 6.18 Å². The summed E-state index contributed by atoms with van der Waals surface area (Å²) in [7, 11) is 0. The summed E-state index contributed by atoms with van der Waals surface area (Å²) >= 11 is 0. The van der Waals surface area contributed by atoms with Gasteiger partial charge in [0.15, 0.2) is 0 Å². The first kappa shape index (κ1) is 18.4. The number of rotatable bonds is 5. The molecule has 138 valence electrons. The predicted octanol–water partition coefficient (Wildman–Crippen LogP) is 5.14. The van der Waals surface area contributed by atoms with E-state index < -0.39 is 17.3 Å². The van der Waals surface area contributed by atoms with Gasteiger partial charge in [0.1, 0.15) is 5.82 Å². The Morgan fingerprint density at radius 2 is 1.81 bits per heavy atom. The molecule has 1 fully saturated rings. The van der Waals surface area contributed by atoms with E-state index in [1.54, 1.807) is 18.2 Å². The fourth-order valence-corrected chi connectivity index (χ4v) is 3.11. The molecule has 0 aromatic heterocycles. The van der Waals surface area contributed by atoms with Crippen LogP contribution < -0.4 is 5.32 Å². The van der Waals surface area contributed by atoms with Crippen LogP contribution in [0.5, 0.6) is 0 Å². The SMILES string of the molecule is CC(CC(=O)NC1(c2cccc(C(F)(F)F)c2)CC1)c1ccc(F)cc1. The molecule has 2 nitrogen and oxygen atoms in total. The molecule has 2 aromatic rings. The van der Waals surface area contributed by atoms with Crippen LogP contribution in [0.15, 0.2) is 48.5 Å². The Bertz CT molecular complexity index is 794. The number of benzene rings is 2. The zero-order valence-corrected chi connectivity index (χ0v) is 14.2. The lowest BCUT2D eigenvalue weighted by atomic mass is 9.96. The van der Waals surface area contributed by atoms with Gasteiger partial charge in [-0.25, -0.2) is 4.39 Å². The third-order valence-corrected chi connectivity index (χ3v) is 4.80. The van der Waals surface area contributed by atoms with Gasteiger partial charge in [-0.05, 0) is 54.2 Å². The second-order valence-electron chi connectivity index (χ2n) is 6.87. The van der Waals surface area contributed by atoms with Gasteiger partial charge in [0.25, 0.3) is 0 Å². The highest BCUT2D eigenvalue weighted by molar-refractivity contribution is 5.78. The van der Waals surface area contributed by atoms with Gasteiger partial charge in [0, 0.05) is 6.42 Å². The summed E-state index contributed by atoms with van der Waals surface area (Å²) in [4.78, 5) is 12.4. The van der Waals surface area contributed by atoms with Crippen LogP contribution >= 0.6 is 0 Å². The van der Waals surface area contributed by atoms with Gasteiger partial charge in [-0.15, -0.1) is 0 Å². The third kappa shape index (κ3) is 4.06. The molecule has 26 heavy (non-hydrogen) atoms. The number of halogens is 4. The second-order valence-corrected chi connectivity index (χ2v) is 6.87. The Morgan fingerprint density at radius 1 is 1.15 bits per heavy atom. The molecule has 1 aliphatic carbocycles. The van der Waals surface area contributed by atoms with Gasteiger partial charge in [-0.3, -0.25) is 4.79 Å². The summed E-state index contributed by atoms with van der Waals surface area (Å²) in [5.41, 5.74) is -0.100. The van der Waals surface area contributed by atoms with Crippen molar-refractivity contribution < 1.29 is 22.4 Å². The monoisotopic (exact) mass is 365 g/mol. The average molecular weight is 365 g/mol. The molecule has 1 saturated carbocycles. The van der Waals surface area contributed by atoms with Crippen LogP contribution in [-0.2, 0) is 16.5 Å². The van der Waals surface area contributed by atoms with Crippen LogP contribution in [0.1, 0.15) is 48.8 Å². The molecule has 0 radical (unpaired) electrons. The smallest absolute Gasteiger partial charge is 0.347 e. The van der Waals surface area contributed by atoms with E-state index in [1.165, 1.54) is 18.2 Å². The van der Waals surface area contributed by atoms with Crippen LogP contribution in [-0.4, -0.2) is 5.91 Å². The predicted molar refractivity (Wildman–Crippen MR) is 89.9 cm³/mol. The first-order valence-electron chi connectivity index (χ1n) is 8.44. The van der Waals surface area contributed by atoms with Crippen molar-refractivity contribution in [3.63, 3.8) is 0 Å². The van der Waals surface area contributed by atoms with Crippen LogP contribution in [0.25, 0.3) is 0 Å². The molecule has 1 atom stereocenters. The highest BCUT2D eigenvalue weighted by Crippen LogP contribution is 2.46. The number of carbonyl (C=O) groups excluding carboxylic acids is 1. The number of nitrogens with one attached hydrogen (secondary N) is 1. The molecule has 0 bridgehead atoms. The van der Waals surface area contributed by atoms with Crippen LogP contribution in [0, 0.1) is 5.82 Å². The molecule has 6 heteroatoms. The van der Waals surface area contributed by atoms with Crippen molar-refractivity contribution in [3.8, 4) is 0 Å². The van der Waals surface area contributed by atoms with Crippen molar-refractivity contribution in [1.29, 1.82) is 0 Å². The Morgan fingerprint density at radius 3 is 2.38 bits per heavy atom. The molecule has 1 N–H and O–H groups in total. The topological polar surface area (TPSA) is 29.1 Å². The molecule has 1 amide bonds. The molecule has 0 heterocycles. The van der Waals surface area contributed by atoms with Gasteiger partial charge in [0.05, 0.1) is 11.1 Å². The van der Waals surface area contributed by atoms with E-state index >= 15 is 0 Å². The molecular formula is C20H19F4NO. The normalized spacial score (nSPS) is 16.8. The van der Waals surface area contributed by atoms with Crippen molar-refractivity contribution in [1.82, 2.24) is 5.32 Å². The standard InChI is InChI=1S/C20H19F4NO/c1-13(14-5-7-17(21)8-6-14)11-18(26)25-19(9-10-19)15-3-2-4-16(12-15)20(22,23)24/h2-8,12-13H,9-11H2,1H3,(H,25,26). The van der Waals surface area contributed by atoms with Crippen LogP contribution in [0.3, 0.4) is 0 Å². The fraction of sp³-hybridized carbons (Fsp3) is 0.350. The highest BCUT2D eigenvalue weighted by atomic mass is 19.4. The minimum Gasteiger partial charge on any atom is -0.347 e. The number of hydrogen-bond acceptors (Lipinski definition) is 1. The zero-order valence-electron chi connectivity index (χ0n) is 14.2. The highest BCUT2D eigenvalue weighted by Gasteiger charge is 2.46. The van der Waals surface area contributed by atoms with E-state index in [1.807, 2.05) is 6.92 Å². The minimum absolute atomic E-state index is 0.118. The first-order chi connectivity index (χ1) is 12.2. The molecule has 3 rings (SSSR count). The average Bonchev–Trinajstić information content (AvgIpc) is 3.35. The summed E-state index contributed by atoms with van der Waals surface area (Å²) in [5, 5.41) is 2.89. The number of amides is 1. The second kappa shape index (κ2) is 6.74. The Balaban J connectivity index is 1.68. The number of hydrogen-bond donors (Lipinski definition) is 1. The fourth-order valence-electron chi connectivity index (χ4n) is 3.11. The van der Waals surface area contributed by atoms with Gasteiger partial charge in [-0.2, -0.15) is 13.2 Å². The van der Waals surface area contributed by atoms with Crippen LogP contribution in [0.4, 0.5) is 17.6 Å². The van der Waals surface area contributed by atoms with Crippen LogP contribution in [0.2, 0.25) is 0 Å². The Hall–Kier alpha value is -2.37. The molecule has 0 spiro atoms. The number of alkyl halides is 3. The lowest BCUT2D eigenvalue weighted by Crippen LogP contribution is -2.35. The lowest BCUT2D eigenvalue weighted by molar-refractivity contribution is -0.137. The van der Waals surface area contributed by atoms with E-state index in [2.05, 4.69) is 5.32 Å². The molecule has 2 aromatic carbocycles. The first-order valence-corrected chi connectivity index (χ1v) is 8.44. The molecule has 0 aliphatic heterocycles. The molecule has 1 unspecified atom stereocenters. The van der Waals surface area contributed by atoms with Crippen molar-refractivity contribution in [2.24, 2.45) is 0 Å². The van der Waals surface area contributed by atoms with E-state index in [4.69, 9.17) is 0 Å². The van der Waals surface area contributed by atoms with E-state index in [0.29, 0.717) is 18.4 Å². The Labute approximate surface area is 149 Å². The van der Waals surface area contributed by atoms with E-state index in [-0.39, 0.29) is 24.1 Å². The van der Waals surface area contributed by atoms with Gasteiger partial charge < -0.3 is 5.32 Å². The molecule has 0 saturated heterocycles. The molecule has 1 aliphatic rings. The third-order valence-electron chi connectivity index (χ3n) is 4.80. The summed E-state index contributed by atoms with van der Waals surface area (Å²) in [6.45, 7) is 1.86. The van der Waals surface area contributed by atoms with Gasteiger partial charge in [-0.1, -0.05) is 31.2 Å². The van der Waals surface area contributed by atoms with Crippen molar-refractivity contribution >= 4 is 5.91 Å². The van der Waals surface area contributed by atoms with E-state index in [9.17, 15) is 22.4 Å². The quantitative estimate of drug-likeness (QED) is 0.730. The Kier molecular flexibility index (Phi) is 4.78. The summed E-state index contributed by atoms with van der Waals surface area (Å²) < 4.78 is 51.7. The summed E-state index contributed by atoms with van der Waals surface area (Å²) in [6.07, 6.45) is -2.99. The molecular weight excluding hydrogens is 346 g/mol. The van der Waals surface area contributed by atoms with Crippen molar-refractivity contribution in [2.75, 3.05) is 0 Å². The maximum Gasteiger partial charge on any atom is 0.416 e. The van der Waals surface area contributed by atoms with Crippen molar-refractivity contribution in [3.05, 3.63) is 71.0 Å². The lowest BCUT2D eigenvalue weighted by Gasteiger charge is -2.21. The minimum atomic E-state index is -4.41. The number of carbonyl (C=O) groups is 1. The maximum absolute atomic E-state index is 13.0. The van der Waals surface area contributed by atoms with Crippen molar-refractivity contribution in [2.45, 2.75) is 43.8 Å². The largest absolute Gasteiger partial charge is 0.416 e. The summed E-state index contributed by atoms with van der Waals surface area (Å²) in [5.74, 6) is -0.684. The van der Waals surface area contributed by atoms with E-state index in [0.717, 1.165) is 17.7 Å². The maximum atomic E-state index is 13.0.